The first-order valence-electron chi connectivity index (χ1n) is 5.70. The molecule has 0 saturated heterocycles. The Morgan fingerprint density at radius 3 is 2.30 bits per heavy atom. The molecule has 0 aliphatic heterocycles. The van der Waals surface area contributed by atoms with Gasteiger partial charge in [-0.05, 0) is 42.5 Å². The Morgan fingerprint density at radius 1 is 1.10 bits per heavy atom. The second kappa shape index (κ2) is 5.89. The Morgan fingerprint density at radius 2 is 1.75 bits per heavy atom. The Kier molecular flexibility index (Phi) is 4.01. The lowest BCUT2D eigenvalue weighted by atomic mass is 10.1. The summed E-state index contributed by atoms with van der Waals surface area (Å²) in [5, 5.41) is 11.8. The number of hydrogen-bond acceptors (Lipinski definition) is 4. The van der Waals surface area contributed by atoms with Gasteiger partial charge in [0.05, 0.1) is 11.3 Å². The minimum absolute atomic E-state index is 0.0879. The number of halogens is 2. The summed E-state index contributed by atoms with van der Waals surface area (Å²) < 4.78 is 28.3. The van der Waals surface area contributed by atoms with E-state index in [0.29, 0.717) is 22.6 Å². The highest BCUT2D eigenvalue weighted by Gasteiger charge is 2.04. The van der Waals surface area contributed by atoms with E-state index in [0.717, 1.165) is 0 Å². The van der Waals surface area contributed by atoms with Gasteiger partial charge in [-0.15, -0.1) is 0 Å². The van der Waals surface area contributed by atoms with Gasteiger partial charge in [0.15, 0.2) is 0 Å². The van der Waals surface area contributed by atoms with Crippen molar-refractivity contribution in [1.82, 2.24) is 0 Å². The second-order valence-electron chi connectivity index (χ2n) is 3.94. The van der Waals surface area contributed by atoms with Crippen LogP contribution in [-0.4, -0.2) is 6.61 Å². The van der Waals surface area contributed by atoms with Crippen LogP contribution in [0.15, 0.2) is 42.5 Å². The van der Waals surface area contributed by atoms with Crippen molar-refractivity contribution in [3.63, 3.8) is 0 Å². The maximum Gasteiger partial charge on any atom is 0.387 e. The average Bonchev–Trinajstić information content (AvgIpc) is 2.41. The van der Waals surface area contributed by atoms with Gasteiger partial charge in [-0.3, -0.25) is 0 Å². The van der Waals surface area contributed by atoms with Crippen molar-refractivity contribution in [3.8, 4) is 11.8 Å². The van der Waals surface area contributed by atoms with Crippen LogP contribution in [0.3, 0.4) is 0 Å². The van der Waals surface area contributed by atoms with Crippen molar-refractivity contribution in [2.24, 2.45) is 0 Å². The van der Waals surface area contributed by atoms with Crippen LogP contribution in [0.1, 0.15) is 5.56 Å². The molecule has 2 aromatic carbocycles. The van der Waals surface area contributed by atoms with Gasteiger partial charge in [0.2, 0.25) is 0 Å². The van der Waals surface area contributed by atoms with Crippen molar-refractivity contribution in [2.45, 2.75) is 6.61 Å². The zero-order chi connectivity index (χ0) is 14.5. The highest BCUT2D eigenvalue weighted by molar-refractivity contribution is 5.67. The fourth-order valence-corrected chi connectivity index (χ4v) is 1.63. The molecule has 0 aromatic heterocycles. The number of hydrogen-bond donors (Lipinski definition) is 2. The van der Waals surface area contributed by atoms with E-state index in [1.165, 1.54) is 12.1 Å². The first kappa shape index (κ1) is 13.6. The summed E-state index contributed by atoms with van der Waals surface area (Å²) in [7, 11) is 0. The summed E-state index contributed by atoms with van der Waals surface area (Å²) >= 11 is 0. The lowest BCUT2D eigenvalue weighted by molar-refractivity contribution is -0.0498. The van der Waals surface area contributed by atoms with Gasteiger partial charge in [-0.25, -0.2) is 0 Å². The summed E-state index contributed by atoms with van der Waals surface area (Å²) in [5.41, 5.74) is 7.86. The molecule has 0 bridgehead atoms. The number of rotatable bonds is 4. The van der Waals surface area contributed by atoms with E-state index in [4.69, 9.17) is 11.0 Å². The van der Waals surface area contributed by atoms with Gasteiger partial charge in [-0.2, -0.15) is 14.0 Å². The maximum atomic E-state index is 12.0. The summed E-state index contributed by atoms with van der Waals surface area (Å²) in [6.07, 6.45) is 0. The van der Waals surface area contributed by atoms with Gasteiger partial charge in [-0.1, -0.05) is 0 Å². The first-order chi connectivity index (χ1) is 9.58. The fourth-order valence-electron chi connectivity index (χ4n) is 1.63. The van der Waals surface area contributed by atoms with Gasteiger partial charge in [0.1, 0.15) is 11.8 Å². The second-order valence-corrected chi connectivity index (χ2v) is 3.94. The minimum Gasteiger partial charge on any atom is -0.435 e. The standard InChI is InChI=1S/C14H11F2N3O/c15-14(16)20-12-5-3-10(4-6-12)19-11-2-1-9(8-17)13(18)7-11/h1-7,14,19H,18H2. The molecule has 0 radical (unpaired) electrons. The van der Waals surface area contributed by atoms with Crippen LogP contribution in [0, 0.1) is 11.3 Å². The predicted molar refractivity (Wildman–Crippen MR) is 71.9 cm³/mol. The first-order valence-corrected chi connectivity index (χ1v) is 5.70. The van der Waals surface area contributed by atoms with E-state index in [1.54, 1.807) is 30.3 Å². The third-order valence-corrected chi connectivity index (χ3v) is 2.54. The van der Waals surface area contributed by atoms with Crippen molar-refractivity contribution in [2.75, 3.05) is 11.1 Å². The number of anilines is 3. The molecule has 4 nitrogen and oxygen atoms in total. The molecular weight excluding hydrogens is 264 g/mol. The van der Waals surface area contributed by atoms with Crippen molar-refractivity contribution < 1.29 is 13.5 Å². The fraction of sp³-hybridized carbons (Fsp3) is 0.0714. The van der Waals surface area contributed by atoms with Crippen LogP contribution in [0.2, 0.25) is 0 Å². The van der Waals surface area contributed by atoms with E-state index < -0.39 is 6.61 Å². The summed E-state index contributed by atoms with van der Waals surface area (Å²) in [6.45, 7) is -2.84. The highest BCUT2D eigenvalue weighted by atomic mass is 19.3. The molecule has 0 saturated carbocycles. The molecule has 6 heteroatoms. The van der Waals surface area contributed by atoms with E-state index in [9.17, 15) is 8.78 Å². The summed E-state index contributed by atoms with van der Waals surface area (Å²) in [4.78, 5) is 0. The average molecular weight is 275 g/mol. The third kappa shape index (κ3) is 3.36. The molecule has 3 N–H and O–H groups in total. The van der Waals surface area contributed by atoms with E-state index in [1.807, 2.05) is 6.07 Å². The molecule has 0 heterocycles. The molecule has 2 aromatic rings. The molecule has 0 aliphatic rings. The molecule has 0 atom stereocenters. The Balaban J connectivity index is 2.10. The summed E-state index contributed by atoms with van der Waals surface area (Å²) in [5.74, 6) is 0.0879. The molecule has 0 fully saturated rings. The third-order valence-electron chi connectivity index (χ3n) is 2.54. The minimum atomic E-state index is -2.84. The zero-order valence-electron chi connectivity index (χ0n) is 10.3. The molecule has 20 heavy (non-hydrogen) atoms. The highest BCUT2D eigenvalue weighted by Crippen LogP contribution is 2.23. The van der Waals surface area contributed by atoms with Crippen LogP contribution in [0.25, 0.3) is 0 Å². The number of nitrogens with one attached hydrogen (secondary N) is 1. The number of nitrogen functional groups attached to an aromatic ring is 1. The van der Waals surface area contributed by atoms with Crippen LogP contribution in [-0.2, 0) is 0 Å². The van der Waals surface area contributed by atoms with Crippen molar-refractivity contribution in [1.29, 1.82) is 5.26 Å². The maximum absolute atomic E-state index is 12.0. The number of nitrogens with two attached hydrogens (primary N) is 1. The van der Waals surface area contributed by atoms with Crippen molar-refractivity contribution in [3.05, 3.63) is 48.0 Å². The smallest absolute Gasteiger partial charge is 0.387 e. The number of nitrogens with zero attached hydrogens (tertiary/aromatic N) is 1. The van der Waals surface area contributed by atoms with Gasteiger partial charge >= 0.3 is 6.61 Å². The Bertz CT molecular complexity index is 636. The Hall–Kier alpha value is -2.81. The number of benzene rings is 2. The molecule has 102 valence electrons. The monoisotopic (exact) mass is 275 g/mol. The topological polar surface area (TPSA) is 71.1 Å². The van der Waals surface area contributed by atoms with Crippen molar-refractivity contribution >= 4 is 17.1 Å². The van der Waals surface area contributed by atoms with Gasteiger partial charge < -0.3 is 15.8 Å². The molecule has 2 rings (SSSR count). The molecule has 0 aliphatic carbocycles. The molecular formula is C14H11F2N3O. The van der Waals surface area contributed by atoms with E-state index in [2.05, 4.69) is 10.1 Å². The number of alkyl halides is 2. The zero-order valence-corrected chi connectivity index (χ0v) is 10.3. The lowest BCUT2D eigenvalue weighted by Crippen LogP contribution is -2.01. The van der Waals surface area contributed by atoms with Crippen LogP contribution in [0.5, 0.6) is 5.75 Å². The van der Waals surface area contributed by atoms with Gasteiger partial charge in [0.25, 0.3) is 0 Å². The quantitative estimate of drug-likeness (QED) is 0.838. The number of ether oxygens (including phenoxy) is 1. The largest absolute Gasteiger partial charge is 0.435 e. The number of nitriles is 1. The normalized spacial score (nSPS) is 10.1. The van der Waals surface area contributed by atoms with Gasteiger partial charge in [0, 0.05) is 11.4 Å². The van der Waals surface area contributed by atoms with E-state index in [-0.39, 0.29) is 5.75 Å². The van der Waals surface area contributed by atoms with E-state index >= 15 is 0 Å². The van der Waals surface area contributed by atoms with Crippen LogP contribution < -0.4 is 15.8 Å². The molecule has 0 unspecified atom stereocenters. The predicted octanol–water partition coefficient (Wildman–Crippen LogP) is 3.49. The molecule has 0 amide bonds. The SMILES string of the molecule is N#Cc1ccc(Nc2ccc(OC(F)F)cc2)cc1N. The summed E-state index contributed by atoms with van der Waals surface area (Å²) in [6, 6.07) is 13.0. The Labute approximate surface area is 114 Å². The molecule has 0 spiro atoms. The lowest BCUT2D eigenvalue weighted by Gasteiger charge is -2.09. The van der Waals surface area contributed by atoms with Crippen LogP contribution in [0.4, 0.5) is 25.8 Å². The van der Waals surface area contributed by atoms with Crippen LogP contribution >= 0.6 is 0 Å².